The zero-order valence-electron chi connectivity index (χ0n) is 14.3. The van der Waals surface area contributed by atoms with Gasteiger partial charge in [0.1, 0.15) is 11.3 Å². The Labute approximate surface area is 146 Å². The molecule has 8 nitrogen and oxygen atoms in total. The molecule has 0 bridgehead atoms. The fourth-order valence-corrected chi connectivity index (χ4v) is 3.79. The van der Waals surface area contributed by atoms with Crippen LogP contribution in [0.4, 0.5) is 5.95 Å². The summed E-state index contributed by atoms with van der Waals surface area (Å²) in [6.45, 7) is 3.06. The van der Waals surface area contributed by atoms with Crippen LogP contribution in [0, 0.1) is 5.92 Å². The van der Waals surface area contributed by atoms with Gasteiger partial charge >= 0.3 is 0 Å². The van der Waals surface area contributed by atoms with E-state index in [9.17, 15) is 4.79 Å². The number of amides is 1. The number of carbonyl (C=O) groups is 1. The largest absolute Gasteiger partial charge is 0.371 e. The monoisotopic (exact) mass is 342 g/mol. The van der Waals surface area contributed by atoms with E-state index in [1.54, 1.807) is 36.4 Å². The first-order chi connectivity index (χ1) is 12.2. The molecule has 4 rings (SSSR count). The van der Waals surface area contributed by atoms with Crippen molar-refractivity contribution >= 4 is 11.9 Å². The SMILES string of the molecule is Cn1nccc1C(=O)NCC[C@@H]1CCOC12CN(c1ncccn1)C2. The van der Waals surface area contributed by atoms with Gasteiger partial charge in [-0.1, -0.05) is 0 Å². The van der Waals surface area contributed by atoms with Crippen molar-refractivity contribution in [1.29, 1.82) is 0 Å². The molecule has 8 heteroatoms. The number of nitrogens with one attached hydrogen (secondary N) is 1. The third-order valence-electron chi connectivity index (χ3n) is 5.18. The van der Waals surface area contributed by atoms with Gasteiger partial charge < -0.3 is 15.0 Å². The number of hydrogen-bond donors (Lipinski definition) is 1. The predicted molar refractivity (Wildman–Crippen MR) is 91.2 cm³/mol. The van der Waals surface area contributed by atoms with Gasteiger partial charge in [0, 0.05) is 38.8 Å². The molecule has 132 valence electrons. The minimum absolute atomic E-state index is 0.0825. The number of ether oxygens (including phenoxy) is 1. The molecule has 1 atom stereocenters. The number of aryl methyl sites for hydroxylation is 1. The van der Waals surface area contributed by atoms with Gasteiger partial charge in [-0.15, -0.1) is 0 Å². The Morgan fingerprint density at radius 3 is 2.88 bits per heavy atom. The van der Waals surface area contributed by atoms with Crippen LogP contribution in [0.5, 0.6) is 0 Å². The highest BCUT2D eigenvalue weighted by Gasteiger charge is 2.53. The van der Waals surface area contributed by atoms with E-state index < -0.39 is 0 Å². The molecule has 0 radical (unpaired) electrons. The number of rotatable bonds is 5. The second-order valence-corrected chi connectivity index (χ2v) is 6.69. The van der Waals surface area contributed by atoms with Crippen LogP contribution in [-0.2, 0) is 11.8 Å². The van der Waals surface area contributed by atoms with E-state index >= 15 is 0 Å². The van der Waals surface area contributed by atoms with Crippen LogP contribution in [0.15, 0.2) is 30.7 Å². The van der Waals surface area contributed by atoms with E-state index in [1.165, 1.54) is 0 Å². The summed E-state index contributed by atoms with van der Waals surface area (Å²) in [5, 5.41) is 7.01. The summed E-state index contributed by atoms with van der Waals surface area (Å²) < 4.78 is 7.65. The Balaban J connectivity index is 1.30. The Morgan fingerprint density at radius 2 is 2.16 bits per heavy atom. The third-order valence-corrected chi connectivity index (χ3v) is 5.18. The summed E-state index contributed by atoms with van der Waals surface area (Å²) in [6.07, 6.45) is 7.09. The Bertz CT molecular complexity index is 741. The molecule has 2 aromatic rings. The van der Waals surface area contributed by atoms with E-state index in [1.807, 2.05) is 6.07 Å². The summed E-state index contributed by atoms with van der Waals surface area (Å²) >= 11 is 0. The molecule has 2 fully saturated rings. The van der Waals surface area contributed by atoms with Gasteiger partial charge in [0.25, 0.3) is 5.91 Å². The van der Waals surface area contributed by atoms with E-state index in [0.29, 0.717) is 18.2 Å². The van der Waals surface area contributed by atoms with Crippen LogP contribution in [-0.4, -0.2) is 57.5 Å². The molecule has 1 N–H and O–H groups in total. The standard InChI is InChI=1S/C17H22N6O2/c1-22-14(4-9-21-22)15(24)18-8-3-13-5-10-25-17(13)11-23(12-17)16-19-6-2-7-20-16/h2,4,6-7,9,13H,3,5,8,10-12H2,1H3,(H,18,24)/t13-/m1/s1. The lowest BCUT2D eigenvalue weighted by Gasteiger charge is -2.50. The number of nitrogens with zero attached hydrogens (tertiary/aromatic N) is 5. The van der Waals surface area contributed by atoms with Gasteiger partial charge in [-0.2, -0.15) is 5.10 Å². The highest BCUT2D eigenvalue weighted by molar-refractivity contribution is 5.92. The van der Waals surface area contributed by atoms with Gasteiger partial charge in [-0.3, -0.25) is 9.48 Å². The minimum Gasteiger partial charge on any atom is -0.371 e. The molecule has 0 aliphatic carbocycles. The van der Waals surface area contributed by atoms with Gasteiger partial charge in [-0.05, 0) is 30.9 Å². The third kappa shape index (κ3) is 2.97. The van der Waals surface area contributed by atoms with Crippen LogP contribution in [0.3, 0.4) is 0 Å². The number of aromatic nitrogens is 4. The first-order valence-corrected chi connectivity index (χ1v) is 8.60. The lowest BCUT2D eigenvalue weighted by molar-refractivity contribution is -0.0459. The molecule has 0 unspecified atom stereocenters. The molecular weight excluding hydrogens is 320 g/mol. The molecule has 0 saturated carbocycles. The molecule has 2 aliphatic heterocycles. The molecule has 25 heavy (non-hydrogen) atoms. The fraction of sp³-hybridized carbons (Fsp3) is 0.529. The normalized spacial score (nSPS) is 21.3. The molecule has 2 aromatic heterocycles. The maximum Gasteiger partial charge on any atom is 0.269 e. The summed E-state index contributed by atoms with van der Waals surface area (Å²) in [4.78, 5) is 22.9. The Hall–Kier alpha value is -2.48. The van der Waals surface area contributed by atoms with E-state index in [2.05, 4.69) is 25.3 Å². The molecule has 0 aromatic carbocycles. The smallest absolute Gasteiger partial charge is 0.269 e. The average molecular weight is 342 g/mol. The first-order valence-electron chi connectivity index (χ1n) is 8.60. The molecule has 1 spiro atoms. The number of hydrogen-bond acceptors (Lipinski definition) is 6. The van der Waals surface area contributed by atoms with Crippen LogP contribution in [0.1, 0.15) is 23.3 Å². The highest BCUT2D eigenvalue weighted by Crippen LogP contribution is 2.42. The van der Waals surface area contributed by atoms with Crippen molar-refractivity contribution in [3.05, 3.63) is 36.4 Å². The zero-order chi connectivity index (χ0) is 17.3. The van der Waals surface area contributed by atoms with Crippen molar-refractivity contribution in [2.45, 2.75) is 18.4 Å². The van der Waals surface area contributed by atoms with Gasteiger partial charge in [0.2, 0.25) is 5.95 Å². The lowest BCUT2D eigenvalue weighted by Crippen LogP contribution is -2.65. The fourth-order valence-electron chi connectivity index (χ4n) is 3.79. The second kappa shape index (κ2) is 6.44. The number of anilines is 1. The van der Waals surface area contributed by atoms with Crippen LogP contribution >= 0.6 is 0 Å². The van der Waals surface area contributed by atoms with Crippen molar-refractivity contribution < 1.29 is 9.53 Å². The molecule has 1 amide bonds. The first kappa shape index (κ1) is 16.0. The maximum atomic E-state index is 12.2. The summed E-state index contributed by atoms with van der Waals surface area (Å²) in [5.41, 5.74) is 0.463. The second-order valence-electron chi connectivity index (χ2n) is 6.69. The summed E-state index contributed by atoms with van der Waals surface area (Å²) in [7, 11) is 1.77. The predicted octanol–water partition coefficient (Wildman–Crippen LogP) is 0.625. The van der Waals surface area contributed by atoms with Gasteiger partial charge in [0.15, 0.2) is 0 Å². The lowest BCUT2D eigenvalue weighted by atomic mass is 9.79. The Kier molecular flexibility index (Phi) is 4.12. The average Bonchev–Trinajstić information content (AvgIpc) is 3.20. The minimum atomic E-state index is -0.115. The number of carbonyl (C=O) groups excluding carboxylic acids is 1. The zero-order valence-corrected chi connectivity index (χ0v) is 14.3. The summed E-state index contributed by atoms with van der Waals surface area (Å²) in [5.74, 6) is 1.12. The topological polar surface area (TPSA) is 85.2 Å². The highest BCUT2D eigenvalue weighted by atomic mass is 16.5. The van der Waals surface area contributed by atoms with E-state index in [0.717, 1.165) is 38.5 Å². The molecule has 2 saturated heterocycles. The summed E-state index contributed by atoms with van der Waals surface area (Å²) in [6, 6.07) is 3.54. The van der Waals surface area contributed by atoms with Crippen LogP contribution in [0.2, 0.25) is 0 Å². The maximum absolute atomic E-state index is 12.2. The van der Waals surface area contributed by atoms with Gasteiger partial charge in [-0.25, -0.2) is 9.97 Å². The van der Waals surface area contributed by atoms with E-state index in [4.69, 9.17) is 4.74 Å². The van der Waals surface area contributed by atoms with Crippen molar-refractivity contribution in [3.8, 4) is 0 Å². The van der Waals surface area contributed by atoms with Gasteiger partial charge in [0.05, 0.1) is 13.1 Å². The van der Waals surface area contributed by atoms with Crippen molar-refractivity contribution in [2.75, 3.05) is 31.1 Å². The van der Waals surface area contributed by atoms with Crippen molar-refractivity contribution in [2.24, 2.45) is 13.0 Å². The van der Waals surface area contributed by atoms with Crippen LogP contribution < -0.4 is 10.2 Å². The molecule has 4 heterocycles. The molecular formula is C17H22N6O2. The van der Waals surface area contributed by atoms with Crippen molar-refractivity contribution in [3.63, 3.8) is 0 Å². The quantitative estimate of drug-likeness (QED) is 0.858. The van der Waals surface area contributed by atoms with Crippen LogP contribution in [0.25, 0.3) is 0 Å². The molecule has 2 aliphatic rings. The Morgan fingerprint density at radius 1 is 1.36 bits per heavy atom. The van der Waals surface area contributed by atoms with E-state index in [-0.39, 0.29) is 11.5 Å². The van der Waals surface area contributed by atoms with Crippen molar-refractivity contribution in [1.82, 2.24) is 25.1 Å².